The van der Waals surface area contributed by atoms with Crippen molar-refractivity contribution in [3.63, 3.8) is 0 Å². The molecule has 1 aromatic rings. The molecule has 0 aliphatic carbocycles. The van der Waals surface area contributed by atoms with E-state index < -0.39 is 0 Å². The number of benzene rings is 1. The standard InChI is InChI=1S/C11H13ClN2O/c1-14-11(6-10(13)7-15)8-2-4-9(12)5-3-8/h2-6,15H,7,13H2,1H3. The van der Waals surface area contributed by atoms with Crippen molar-refractivity contribution in [2.24, 2.45) is 10.7 Å². The summed E-state index contributed by atoms with van der Waals surface area (Å²) < 4.78 is 0. The quantitative estimate of drug-likeness (QED) is 0.767. The van der Waals surface area contributed by atoms with E-state index in [0.717, 1.165) is 11.3 Å². The number of halogens is 1. The van der Waals surface area contributed by atoms with Gasteiger partial charge in [-0.15, -0.1) is 0 Å². The fourth-order valence-corrected chi connectivity index (χ4v) is 1.24. The molecule has 0 saturated heterocycles. The minimum atomic E-state index is -0.174. The zero-order chi connectivity index (χ0) is 11.3. The number of nitrogens with zero attached hydrogens (tertiary/aromatic N) is 1. The molecule has 0 atom stereocenters. The maximum absolute atomic E-state index is 8.80. The van der Waals surface area contributed by atoms with E-state index in [1.165, 1.54) is 0 Å². The normalized spacial score (nSPS) is 13.0. The highest BCUT2D eigenvalue weighted by Gasteiger charge is 2.00. The smallest absolute Gasteiger partial charge is 0.0826 e. The first-order valence-electron chi connectivity index (χ1n) is 4.47. The van der Waals surface area contributed by atoms with Crippen molar-refractivity contribution in [2.45, 2.75) is 0 Å². The van der Waals surface area contributed by atoms with Crippen LogP contribution in [0.25, 0.3) is 0 Å². The Balaban J connectivity index is 2.99. The molecule has 0 heterocycles. The fraction of sp³-hybridized carbons (Fsp3) is 0.182. The van der Waals surface area contributed by atoms with Gasteiger partial charge in [-0.05, 0) is 23.8 Å². The van der Waals surface area contributed by atoms with E-state index in [0.29, 0.717) is 10.7 Å². The van der Waals surface area contributed by atoms with E-state index in [2.05, 4.69) is 4.99 Å². The van der Waals surface area contributed by atoms with Crippen LogP contribution in [-0.4, -0.2) is 24.5 Å². The van der Waals surface area contributed by atoms with Crippen molar-refractivity contribution in [1.29, 1.82) is 0 Å². The van der Waals surface area contributed by atoms with Crippen LogP contribution < -0.4 is 5.73 Å². The molecule has 15 heavy (non-hydrogen) atoms. The molecule has 0 amide bonds. The highest BCUT2D eigenvalue weighted by Crippen LogP contribution is 2.11. The van der Waals surface area contributed by atoms with Gasteiger partial charge in [-0.25, -0.2) is 0 Å². The highest BCUT2D eigenvalue weighted by atomic mass is 35.5. The number of aliphatic hydroxyl groups is 1. The lowest BCUT2D eigenvalue weighted by Crippen LogP contribution is -2.07. The van der Waals surface area contributed by atoms with Crippen LogP contribution in [0.3, 0.4) is 0 Å². The second kappa shape index (κ2) is 5.53. The van der Waals surface area contributed by atoms with Gasteiger partial charge < -0.3 is 10.8 Å². The summed E-state index contributed by atoms with van der Waals surface area (Å²) in [5.74, 6) is 0. The van der Waals surface area contributed by atoms with Crippen LogP contribution in [0.15, 0.2) is 41.0 Å². The zero-order valence-corrected chi connectivity index (χ0v) is 9.20. The Morgan fingerprint density at radius 3 is 2.53 bits per heavy atom. The summed E-state index contributed by atoms with van der Waals surface area (Å²) in [4.78, 5) is 4.08. The summed E-state index contributed by atoms with van der Waals surface area (Å²) in [6.07, 6.45) is 1.64. The van der Waals surface area contributed by atoms with Gasteiger partial charge in [-0.3, -0.25) is 4.99 Å². The molecule has 3 nitrogen and oxygen atoms in total. The number of aliphatic imine (C=N–C) groups is 1. The summed E-state index contributed by atoms with van der Waals surface area (Å²) in [7, 11) is 1.67. The van der Waals surface area contributed by atoms with Gasteiger partial charge in [0.2, 0.25) is 0 Å². The molecule has 0 aliphatic rings. The van der Waals surface area contributed by atoms with Crippen LogP contribution in [-0.2, 0) is 0 Å². The molecule has 0 saturated carbocycles. The summed E-state index contributed by atoms with van der Waals surface area (Å²) in [5, 5.41) is 9.48. The van der Waals surface area contributed by atoms with Crippen LogP contribution in [0.5, 0.6) is 0 Å². The summed E-state index contributed by atoms with van der Waals surface area (Å²) in [5.41, 5.74) is 7.54. The average molecular weight is 225 g/mol. The molecule has 1 aromatic carbocycles. The summed E-state index contributed by atoms with van der Waals surface area (Å²) >= 11 is 5.77. The van der Waals surface area contributed by atoms with E-state index in [1.54, 1.807) is 25.3 Å². The topological polar surface area (TPSA) is 58.6 Å². The van der Waals surface area contributed by atoms with Crippen LogP contribution in [0.4, 0.5) is 0 Å². The van der Waals surface area contributed by atoms with Crippen molar-refractivity contribution in [2.75, 3.05) is 13.7 Å². The maximum Gasteiger partial charge on any atom is 0.0826 e. The van der Waals surface area contributed by atoms with E-state index in [9.17, 15) is 0 Å². The molecular formula is C11H13ClN2O. The molecule has 0 aliphatic heterocycles. The number of hydrogen-bond acceptors (Lipinski definition) is 3. The van der Waals surface area contributed by atoms with E-state index in [1.807, 2.05) is 12.1 Å². The predicted molar refractivity (Wildman–Crippen MR) is 63.3 cm³/mol. The van der Waals surface area contributed by atoms with Crippen LogP contribution in [0.2, 0.25) is 5.02 Å². The van der Waals surface area contributed by atoms with Crippen LogP contribution >= 0.6 is 11.6 Å². The van der Waals surface area contributed by atoms with Gasteiger partial charge >= 0.3 is 0 Å². The number of aliphatic hydroxyl groups excluding tert-OH is 1. The lowest BCUT2D eigenvalue weighted by molar-refractivity contribution is 0.330. The molecule has 0 unspecified atom stereocenters. The molecular weight excluding hydrogens is 212 g/mol. The first-order valence-corrected chi connectivity index (χ1v) is 4.84. The molecule has 0 bridgehead atoms. The van der Waals surface area contributed by atoms with E-state index in [4.69, 9.17) is 22.4 Å². The lowest BCUT2D eigenvalue weighted by atomic mass is 10.1. The SMILES string of the molecule is CN=C(C=C(N)CO)c1ccc(Cl)cc1. The van der Waals surface area contributed by atoms with Gasteiger partial charge in [-0.1, -0.05) is 23.7 Å². The third-order valence-corrected chi connectivity index (χ3v) is 2.14. The number of allylic oxidation sites excluding steroid dienone is 1. The Bertz CT molecular complexity index is 382. The first kappa shape index (κ1) is 11.8. The van der Waals surface area contributed by atoms with Crippen molar-refractivity contribution < 1.29 is 5.11 Å². The monoisotopic (exact) mass is 224 g/mol. The molecule has 0 spiro atoms. The van der Waals surface area contributed by atoms with Crippen LogP contribution in [0.1, 0.15) is 5.56 Å². The molecule has 1 rings (SSSR count). The highest BCUT2D eigenvalue weighted by molar-refractivity contribution is 6.30. The van der Waals surface area contributed by atoms with Gasteiger partial charge in [0.05, 0.1) is 12.3 Å². The van der Waals surface area contributed by atoms with Crippen molar-refractivity contribution in [3.8, 4) is 0 Å². The minimum Gasteiger partial charge on any atom is -0.400 e. The summed E-state index contributed by atoms with van der Waals surface area (Å²) in [6.45, 7) is -0.174. The predicted octanol–water partition coefficient (Wildman–Crippen LogP) is 1.59. The molecule has 0 aromatic heterocycles. The van der Waals surface area contributed by atoms with Crippen LogP contribution in [0, 0.1) is 0 Å². The Morgan fingerprint density at radius 1 is 1.47 bits per heavy atom. The number of nitrogens with two attached hydrogens (primary N) is 1. The Labute approximate surface area is 93.9 Å². The zero-order valence-electron chi connectivity index (χ0n) is 8.44. The fourth-order valence-electron chi connectivity index (χ4n) is 1.12. The average Bonchev–Trinajstić information content (AvgIpc) is 2.27. The number of hydrogen-bond donors (Lipinski definition) is 2. The molecule has 0 fully saturated rings. The van der Waals surface area contributed by atoms with Gasteiger partial charge in [-0.2, -0.15) is 0 Å². The largest absolute Gasteiger partial charge is 0.400 e. The third kappa shape index (κ3) is 3.38. The molecule has 4 heteroatoms. The first-order chi connectivity index (χ1) is 7.17. The van der Waals surface area contributed by atoms with Gasteiger partial charge in [0, 0.05) is 17.8 Å². The Morgan fingerprint density at radius 2 is 2.07 bits per heavy atom. The van der Waals surface area contributed by atoms with E-state index >= 15 is 0 Å². The van der Waals surface area contributed by atoms with Gasteiger partial charge in [0.1, 0.15) is 0 Å². The van der Waals surface area contributed by atoms with E-state index in [-0.39, 0.29) is 6.61 Å². The second-order valence-electron chi connectivity index (χ2n) is 2.99. The maximum atomic E-state index is 8.80. The Kier molecular flexibility index (Phi) is 4.34. The van der Waals surface area contributed by atoms with Crippen molar-refractivity contribution in [3.05, 3.63) is 46.6 Å². The molecule has 0 radical (unpaired) electrons. The molecule has 3 N–H and O–H groups in total. The minimum absolute atomic E-state index is 0.174. The third-order valence-electron chi connectivity index (χ3n) is 1.89. The van der Waals surface area contributed by atoms with Gasteiger partial charge in [0.15, 0.2) is 0 Å². The Hall–Kier alpha value is -1.32. The number of rotatable bonds is 3. The lowest BCUT2D eigenvalue weighted by Gasteiger charge is -2.02. The van der Waals surface area contributed by atoms with Crippen molar-refractivity contribution in [1.82, 2.24) is 0 Å². The summed E-state index contributed by atoms with van der Waals surface area (Å²) in [6, 6.07) is 7.27. The van der Waals surface area contributed by atoms with Gasteiger partial charge in [0.25, 0.3) is 0 Å². The van der Waals surface area contributed by atoms with Crippen molar-refractivity contribution >= 4 is 17.3 Å². The second-order valence-corrected chi connectivity index (χ2v) is 3.43. The molecule has 80 valence electrons.